The van der Waals surface area contributed by atoms with Crippen LogP contribution in [0.2, 0.25) is 0 Å². The van der Waals surface area contributed by atoms with Crippen LogP contribution < -0.4 is 20.9 Å². The Kier molecular flexibility index (Phi) is 11.0. The summed E-state index contributed by atoms with van der Waals surface area (Å²) in [5.41, 5.74) is 4.01. The highest BCUT2D eigenvalue weighted by Gasteiger charge is 2.22. The van der Waals surface area contributed by atoms with Crippen molar-refractivity contribution in [3.63, 3.8) is 0 Å². The van der Waals surface area contributed by atoms with Gasteiger partial charge in [-0.05, 0) is 81.6 Å². The molecule has 3 rings (SSSR count). The lowest BCUT2D eigenvalue weighted by Crippen LogP contribution is -2.31. The molecule has 222 valence electrons. The van der Waals surface area contributed by atoms with E-state index in [1.54, 1.807) is 36.2 Å². The van der Waals surface area contributed by atoms with E-state index in [0.717, 1.165) is 22.4 Å². The highest BCUT2D eigenvalue weighted by molar-refractivity contribution is 6.00. The second-order valence-corrected chi connectivity index (χ2v) is 11.2. The fraction of sp³-hybridized carbons (Fsp3) is 0.333. The molecule has 0 aromatic heterocycles. The van der Waals surface area contributed by atoms with Crippen molar-refractivity contribution < 1.29 is 23.9 Å². The highest BCUT2D eigenvalue weighted by Crippen LogP contribution is 2.23. The van der Waals surface area contributed by atoms with Crippen LogP contribution in [0.5, 0.6) is 0 Å². The normalized spacial score (nSPS) is 11.8. The molecular formula is C33H40N4O5. The molecule has 0 spiro atoms. The maximum Gasteiger partial charge on any atom is 0.323 e. The number of likely N-dealkylation sites (N-methyl/N-ethyl adjacent to an activating group) is 1. The molecule has 0 saturated heterocycles. The van der Waals surface area contributed by atoms with E-state index in [1.165, 1.54) is 6.92 Å². The summed E-state index contributed by atoms with van der Waals surface area (Å²) in [5, 5.41) is 8.75. The summed E-state index contributed by atoms with van der Waals surface area (Å²) in [5.74, 6) is -0.519. The molecule has 0 aliphatic carbocycles. The first kappa shape index (κ1) is 32.0. The van der Waals surface area contributed by atoms with Crippen LogP contribution in [-0.2, 0) is 25.5 Å². The largest absolute Gasteiger partial charge is 0.460 e. The molecule has 9 heteroatoms. The van der Waals surface area contributed by atoms with E-state index >= 15 is 0 Å². The van der Waals surface area contributed by atoms with Gasteiger partial charge in [-0.15, -0.1) is 0 Å². The molecule has 3 N–H and O–H groups in total. The summed E-state index contributed by atoms with van der Waals surface area (Å²) >= 11 is 0. The molecule has 3 aromatic carbocycles. The van der Waals surface area contributed by atoms with Gasteiger partial charge in [-0.3, -0.25) is 14.4 Å². The van der Waals surface area contributed by atoms with Crippen LogP contribution in [0.3, 0.4) is 0 Å². The van der Waals surface area contributed by atoms with Gasteiger partial charge in [0.25, 0.3) is 0 Å². The Labute approximate surface area is 247 Å². The lowest BCUT2D eigenvalue weighted by Gasteiger charge is -2.24. The maximum atomic E-state index is 13.0. The van der Waals surface area contributed by atoms with Crippen LogP contribution in [0.4, 0.5) is 21.9 Å². The summed E-state index contributed by atoms with van der Waals surface area (Å²) in [4.78, 5) is 51.0. The molecule has 0 radical (unpaired) electrons. The lowest BCUT2D eigenvalue weighted by atomic mass is 10.0. The number of para-hydroxylation sites is 1. The SMILES string of the molecule is CC(=O)CN[C@H](CC(=O)OC(C)(C)C)c1ccc(N(C)C(=O)Cc2ccc(NC(=O)Nc3ccccc3C)cc2)cc1. The second-order valence-electron chi connectivity index (χ2n) is 11.2. The molecule has 3 aromatic rings. The van der Waals surface area contributed by atoms with Gasteiger partial charge in [-0.25, -0.2) is 4.79 Å². The average Bonchev–Trinajstić information content (AvgIpc) is 2.92. The molecule has 0 aliphatic rings. The van der Waals surface area contributed by atoms with Crippen molar-refractivity contribution in [2.75, 3.05) is 29.1 Å². The van der Waals surface area contributed by atoms with Crippen LogP contribution in [0.15, 0.2) is 72.8 Å². The number of carbonyl (C=O) groups is 4. The standard InChI is InChI=1S/C33H40N4O5/c1-22-9-7-8-10-28(22)36-32(41)35-26-15-11-24(12-16-26)19-30(39)37(6)27-17-13-25(14-18-27)29(34-21-23(2)38)20-31(40)42-33(3,4)5/h7-18,29,34H,19-21H2,1-6H3,(H2,35,36,41)/t29-/m1/s1. The molecule has 0 aliphatic heterocycles. The minimum Gasteiger partial charge on any atom is -0.460 e. The molecule has 0 saturated carbocycles. The van der Waals surface area contributed by atoms with Crippen molar-refractivity contribution in [2.45, 2.75) is 59.1 Å². The van der Waals surface area contributed by atoms with Gasteiger partial charge < -0.3 is 25.6 Å². The number of aryl methyl sites for hydroxylation is 1. The zero-order valence-corrected chi connectivity index (χ0v) is 25.1. The molecule has 3 amide bonds. The number of urea groups is 1. The second kappa shape index (κ2) is 14.4. The van der Waals surface area contributed by atoms with Gasteiger partial charge >= 0.3 is 12.0 Å². The van der Waals surface area contributed by atoms with Crippen molar-refractivity contribution in [2.24, 2.45) is 0 Å². The topological polar surface area (TPSA) is 117 Å². The van der Waals surface area contributed by atoms with Gasteiger partial charge in [-0.1, -0.05) is 42.5 Å². The molecule has 1 atom stereocenters. The van der Waals surface area contributed by atoms with Gasteiger partial charge in [0.1, 0.15) is 11.4 Å². The number of esters is 1. The number of nitrogens with one attached hydrogen (secondary N) is 3. The van der Waals surface area contributed by atoms with E-state index in [0.29, 0.717) is 11.4 Å². The van der Waals surface area contributed by atoms with E-state index in [9.17, 15) is 19.2 Å². The zero-order valence-electron chi connectivity index (χ0n) is 25.1. The predicted molar refractivity (Wildman–Crippen MR) is 166 cm³/mol. The summed E-state index contributed by atoms with van der Waals surface area (Å²) in [7, 11) is 1.70. The number of hydrogen-bond donors (Lipinski definition) is 3. The van der Waals surface area contributed by atoms with E-state index in [1.807, 2.05) is 76.2 Å². The molecule has 0 fully saturated rings. The number of carbonyl (C=O) groups excluding carboxylic acids is 4. The number of hydrogen-bond acceptors (Lipinski definition) is 6. The third-order valence-corrected chi connectivity index (χ3v) is 6.41. The molecule has 42 heavy (non-hydrogen) atoms. The van der Waals surface area contributed by atoms with Crippen molar-refractivity contribution in [1.82, 2.24) is 5.32 Å². The first-order chi connectivity index (χ1) is 19.8. The Morgan fingerprint density at radius 1 is 0.881 bits per heavy atom. The Morgan fingerprint density at radius 2 is 1.52 bits per heavy atom. The van der Waals surface area contributed by atoms with E-state index in [2.05, 4.69) is 16.0 Å². The van der Waals surface area contributed by atoms with Gasteiger partial charge in [0, 0.05) is 30.2 Å². The number of benzene rings is 3. The van der Waals surface area contributed by atoms with Crippen molar-refractivity contribution in [3.8, 4) is 0 Å². The van der Waals surface area contributed by atoms with Crippen LogP contribution in [-0.4, -0.2) is 42.9 Å². The van der Waals surface area contributed by atoms with Crippen LogP contribution in [0.25, 0.3) is 0 Å². The zero-order chi connectivity index (χ0) is 30.9. The highest BCUT2D eigenvalue weighted by atomic mass is 16.6. The third-order valence-electron chi connectivity index (χ3n) is 6.41. The molecular weight excluding hydrogens is 532 g/mol. The van der Waals surface area contributed by atoms with Crippen molar-refractivity contribution in [3.05, 3.63) is 89.5 Å². The first-order valence-corrected chi connectivity index (χ1v) is 13.8. The van der Waals surface area contributed by atoms with E-state index in [-0.39, 0.29) is 43.1 Å². The summed E-state index contributed by atoms with van der Waals surface area (Å²) in [6, 6.07) is 21.2. The molecule has 0 unspecified atom stereocenters. The Bertz CT molecular complexity index is 1400. The average molecular weight is 573 g/mol. The summed E-state index contributed by atoms with van der Waals surface area (Å²) in [6.07, 6.45) is 0.243. The van der Waals surface area contributed by atoms with E-state index < -0.39 is 11.6 Å². The van der Waals surface area contributed by atoms with Crippen molar-refractivity contribution in [1.29, 1.82) is 0 Å². The lowest BCUT2D eigenvalue weighted by molar-refractivity contribution is -0.155. The first-order valence-electron chi connectivity index (χ1n) is 13.8. The Hall–Kier alpha value is -4.50. The Morgan fingerprint density at radius 3 is 2.12 bits per heavy atom. The minimum atomic E-state index is -0.609. The fourth-order valence-corrected chi connectivity index (χ4v) is 4.20. The summed E-state index contributed by atoms with van der Waals surface area (Å²) < 4.78 is 5.46. The van der Waals surface area contributed by atoms with Gasteiger partial charge in [-0.2, -0.15) is 0 Å². The number of Topliss-reactive ketones (excluding diaryl/α,β-unsaturated/α-hetero) is 1. The maximum absolute atomic E-state index is 13.0. The third kappa shape index (κ3) is 10.2. The number of nitrogens with zero attached hydrogens (tertiary/aromatic N) is 1. The monoisotopic (exact) mass is 572 g/mol. The van der Waals surface area contributed by atoms with Gasteiger partial charge in [0.05, 0.1) is 19.4 Å². The number of ketones is 1. The van der Waals surface area contributed by atoms with Gasteiger partial charge in [0.15, 0.2) is 0 Å². The van der Waals surface area contributed by atoms with Crippen molar-refractivity contribution >= 4 is 40.8 Å². The summed E-state index contributed by atoms with van der Waals surface area (Å²) in [6.45, 7) is 8.95. The minimum absolute atomic E-state index is 0.0412. The predicted octanol–water partition coefficient (Wildman–Crippen LogP) is 5.80. The van der Waals surface area contributed by atoms with Gasteiger partial charge in [0.2, 0.25) is 5.91 Å². The molecule has 0 heterocycles. The number of amides is 3. The number of rotatable bonds is 11. The fourth-order valence-electron chi connectivity index (χ4n) is 4.20. The smallest absolute Gasteiger partial charge is 0.323 e. The van der Waals surface area contributed by atoms with Crippen LogP contribution >= 0.6 is 0 Å². The number of ether oxygens (including phenoxy) is 1. The quantitative estimate of drug-likeness (QED) is 0.250. The molecule has 9 nitrogen and oxygen atoms in total. The van der Waals surface area contributed by atoms with Crippen LogP contribution in [0, 0.1) is 6.92 Å². The number of anilines is 3. The van der Waals surface area contributed by atoms with E-state index in [4.69, 9.17) is 4.74 Å². The molecule has 0 bridgehead atoms. The van der Waals surface area contributed by atoms with Crippen LogP contribution in [0.1, 0.15) is 56.8 Å². The Balaban J connectivity index is 1.59.